The first-order valence-electron chi connectivity index (χ1n) is 9.10. The fourth-order valence-corrected chi connectivity index (χ4v) is 3.69. The molecule has 0 saturated carbocycles. The lowest BCUT2D eigenvalue weighted by Crippen LogP contribution is -2.23. The molecule has 0 radical (unpaired) electrons. The molecule has 31 heavy (non-hydrogen) atoms. The number of benzene rings is 3. The van der Waals surface area contributed by atoms with Crippen LogP contribution in [-0.4, -0.2) is 19.2 Å². The number of non-ortho nitro benzene ring substituents is 1. The van der Waals surface area contributed by atoms with Gasteiger partial charge in [0.2, 0.25) is 10.0 Å². The van der Waals surface area contributed by atoms with E-state index in [1.165, 1.54) is 36.4 Å². The quantitative estimate of drug-likeness (QED) is 0.410. The average molecular weight is 443 g/mol. The molecule has 3 aromatic rings. The molecule has 8 nitrogen and oxygen atoms in total. The van der Waals surface area contributed by atoms with E-state index in [2.05, 4.69) is 10.0 Å². The maximum absolute atomic E-state index is 12.9. The molecule has 3 rings (SSSR count). The zero-order valence-corrected chi connectivity index (χ0v) is 16.9. The molecular formula is C21H18FN3O5S. The number of carbonyl (C=O) groups is 1. The van der Waals surface area contributed by atoms with Crippen molar-refractivity contribution < 1.29 is 22.5 Å². The molecule has 0 saturated heterocycles. The predicted molar refractivity (Wildman–Crippen MR) is 111 cm³/mol. The average Bonchev–Trinajstić information content (AvgIpc) is 2.77. The Balaban J connectivity index is 1.54. The number of hydrogen-bond acceptors (Lipinski definition) is 5. The fraction of sp³-hybridized carbons (Fsp3) is 0.0952. The number of hydrogen-bond donors (Lipinski definition) is 2. The lowest BCUT2D eigenvalue weighted by Gasteiger charge is -2.09. The van der Waals surface area contributed by atoms with Crippen LogP contribution in [0.15, 0.2) is 77.7 Å². The molecule has 1 amide bonds. The van der Waals surface area contributed by atoms with Crippen LogP contribution in [-0.2, 0) is 23.1 Å². The summed E-state index contributed by atoms with van der Waals surface area (Å²) in [6, 6.07) is 16.8. The van der Waals surface area contributed by atoms with Crippen molar-refractivity contribution in [3.8, 4) is 0 Å². The number of halogens is 1. The molecule has 0 unspecified atom stereocenters. The molecule has 0 atom stereocenters. The van der Waals surface area contributed by atoms with Gasteiger partial charge < -0.3 is 5.32 Å². The first kappa shape index (κ1) is 22.1. The normalized spacial score (nSPS) is 11.1. The van der Waals surface area contributed by atoms with Crippen LogP contribution in [0.1, 0.15) is 21.5 Å². The number of nitro groups is 1. The van der Waals surface area contributed by atoms with Crippen LogP contribution in [0.4, 0.5) is 10.1 Å². The van der Waals surface area contributed by atoms with Crippen molar-refractivity contribution in [1.29, 1.82) is 0 Å². The molecule has 0 spiro atoms. The second kappa shape index (κ2) is 9.45. The van der Waals surface area contributed by atoms with Crippen molar-refractivity contribution in [3.05, 3.63) is 105 Å². The van der Waals surface area contributed by atoms with Crippen molar-refractivity contribution in [2.24, 2.45) is 0 Å². The Hall–Kier alpha value is -3.63. The summed E-state index contributed by atoms with van der Waals surface area (Å²) < 4.78 is 40.0. The maximum atomic E-state index is 12.9. The van der Waals surface area contributed by atoms with E-state index in [1.54, 1.807) is 24.3 Å². The molecule has 0 aliphatic heterocycles. The van der Waals surface area contributed by atoms with Crippen LogP contribution < -0.4 is 10.0 Å². The van der Waals surface area contributed by atoms with Gasteiger partial charge in [-0.15, -0.1) is 0 Å². The minimum absolute atomic E-state index is 0.0293. The Labute approximate surface area is 177 Å². The number of nitro benzene ring substituents is 1. The van der Waals surface area contributed by atoms with Gasteiger partial charge in [0.1, 0.15) is 5.82 Å². The van der Waals surface area contributed by atoms with E-state index >= 15 is 0 Å². The highest BCUT2D eigenvalue weighted by Gasteiger charge is 2.15. The summed E-state index contributed by atoms with van der Waals surface area (Å²) in [5, 5.41) is 13.4. The van der Waals surface area contributed by atoms with E-state index < -0.39 is 20.8 Å². The summed E-state index contributed by atoms with van der Waals surface area (Å²) in [4.78, 5) is 22.1. The molecule has 160 valence electrons. The largest absolute Gasteiger partial charge is 0.348 e. The monoisotopic (exact) mass is 443 g/mol. The van der Waals surface area contributed by atoms with Gasteiger partial charge in [0, 0.05) is 30.8 Å². The third-order valence-corrected chi connectivity index (χ3v) is 5.82. The summed E-state index contributed by atoms with van der Waals surface area (Å²) in [7, 11) is -3.82. The van der Waals surface area contributed by atoms with E-state index in [9.17, 15) is 27.7 Å². The molecule has 2 N–H and O–H groups in total. The topological polar surface area (TPSA) is 118 Å². The predicted octanol–water partition coefficient (Wildman–Crippen LogP) is 3.14. The van der Waals surface area contributed by atoms with Gasteiger partial charge in [-0.1, -0.05) is 24.3 Å². The molecule has 0 heterocycles. The van der Waals surface area contributed by atoms with Crippen LogP contribution in [0.5, 0.6) is 0 Å². The van der Waals surface area contributed by atoms with Gasteiger partial charge in [-0.2, -0.15) is 0 Å². The van der Waals surface area contributed by atoms with Crippen LogP contribution in [0.25, 0.3) is 0 Å². The third-order valence-electron chi connectivity index (χ3n) is 4.41. The second-order valence-electron chi connectivity index (χ2n) is 6.58. The lowest BCUT2D eigenvalue weighted by molar-refractivity contribution is -0.384. The molecular weight excluding hydrogens is 425 g/mol. The lowest BCUT2D eigenvalue weighted by atomic mass is 10.1. The van der Waals surface area contributed by atoms with E-state index in [0.717, 1.165) is 17.7 Å². The minimum atomic E-state index is -3.82. The van der Waals surface area contributed by atoms with Crippen LogP contribution in [0, 0.1) is 15.9 Å². The number of sulfonamides is 1. The molecule has 0 fully saturated rings. The number of nitrogens with one attached hydrogen (secondary N) is 2. The number of amides is 1. The van der Waals surface area contributed by atoms with Gasteiger partial charge >= 0.3 is 0 Å². The smallest absolute Gasteiger partial charge is 0.269 e. The molecule has 0 aliphatic carbocycles. The first-order valence-corrected chi connectivity index (χ1v) is 10.6. The van der Waals surface area contributed by atoms with E-state index in [-0.39, 0.29) is 29.6 Å². The number of rotatable bonds is 8. The summed E-state index contributed by atoms with van der Waals surface area (Å²) in [6.45, 7) is 0.284. The standard InChI is InChI=1S/C21H18FN3O5S/c22-18-7-5-17(6-8-18)21(26)23-13-15-1-3-16(4-2-15)14-24-31(29,30)20-11-9-19(10-12-20)25(27)28/h1-12,24H,13-14H2,(H,23,26). The Kier molecular flexibility index (Phi) is 6.73. The van der Waals surface area contributed by atoms with E-state index in [4.69, 9.17) is 0 Å². The molecule has 0 aliphatic rings. The van der Waals surface area contributed by atoms with Crippen LogP contribution in [0.2, 0.25) is 0 Å². The van der Waals surface area contributed by atoms with Crippen molar-refractivity contribution >= 4 is 21.6 Å². The summed E-state index contributed by atoms with van der Waals surface area (Å²) in [5.74, 6) is -0.753. The molecule has 0 bridgehead atoms. The summed E-state index contributed by atoms with van der Waals surface area (Å²) in [5.41, 5.74) is 1.65. The molecule has 10 heteroatoms. The van der Waals surface area contributed by atoms with Gasteiger partial charge in [0.15, 0.2) is 0 Å². The zero-order chi connectivity index (χ0) is 22.4. The zero-order valence-electron chi connectivity index (χ0n) is 16.1. The van der Waals surface area contributed by atoms with Gasteiger partial charge in [0.05, 0.1) is 9.82 Å². The fourth-order valence-electron chi connectivity index (χ4n) is 2.67. The number of carbonyl (C=O) groups excluding carboxylic acids is 1. The van der Waals surface area contributed by atoms with Gasteiger partial charge in [-0.05, 0) is 47.5 Å². The van der Waals surface area contributed by atoms with Gasteiger partial charge in [0.25, 0.3) is 11.6 Å². The van der Waals surface area contributed by atoms with E-state index in [1.807, 2.05) is 0 Å². The van der Waals surface area contributed by atoms with Crippen molar-refractivity contribution in [2.45, 2.75) is 18.0 Å². The SMILES string of the molecule is O=C(NCc1ccc(CNS(=O)(=O)c2ccc([N+](=O)[O-])cc2)cc1)c1ccc(F)cc1. The van der Waals surface area contributed by atoms with Crippen molar-refractivity contribution in [1.82, 2.24) is 10.0 Å². The Bertz CT molecular complexity index is 1180. The minimum Gasteiger partial charge on any atom is -0.348 e. The Morgan fingerprint density at radius 3 is 1.97 bits per heavy atom. The number of nitrogens with zero attached hydrogens (tertiary/aromatic N) is 1. The Morgan fingerprint density at radius 2 is 1.42 bits per heavy atom. The van der Waals surface area contributed by atoms with Gasteiger partial charge in [-0.3, -0.25) is 14.9 Å². The molecule has 3 aromatic carbocycles. The highest BCUT2D eigenvalue weighted by molar-refractivity contribution is 7.89. The van der Waals surface area contributed by atoms with Crippen molar-refractivity contribution in [2.75, 3.05) is 0 Å². The second-order valence-corrected chi connectivity index (χ2v) is 8.35. The first-order chi connectivity index (χ1) is 14.7. The molecule has 0 aromatic heterocycles. The van der Waals surface area contributed by atoms with Crippen LogP contribution >= 0.6 is 0 Å². The van der Waals surface area contributed by atoms with Gasteiger partial charge in [-0.25, -0.2) is 17.5 Å². The van der Waals surface area contributed by atoms with Crippen LogP contribution in [0.3, 0.4) is 0 Å². The van der Waals surface area contributed by atoms with E-state index in [0.29, 0.717) is 11.1 Å². The summed E-state index contributed by atoms with van der Waals surface area (Å²) in [6.07, 6.45) is 0. The maximum Gasteiger partial charge on any atom is 0.269 e. The highest BCUT2D eigenvalue weighted by Crippen LogP contribution is 2.16. The summed E-state index contributed by atoms with van der Waals surface area (Å²) >= 11 is 0. The van der Waals surface area contributed by atoms with Crippen molar-refractivity contribution in [3.63, 3.8) is 0 Å². The third kappa shape index (κ3) is 5.93. The highest BCUT2D eigenvalue weighted by atomic mass is 32.2. The Morgan fingerprint density at radius 1 is 0.871 bits per heavy atom.